The van der Waals surface area contributed by atoms with Crippen LogP contribution in [0.2, 0.25) is 0 Å². The highest BCUT2D eigenvalue weighted by atomic mass is 32.2. The van der Waals surface area contributed by atoms with E-state index in [9.17, 15) is 77.6 Å². The van der Waals surface area contributed by atoms with Crippen LogP contribution < -0.4 is 102 Å². The average molecular weight is 1970 g/mol. The largest absolute Gasteiger partial charge is 0.482 e. The van der Waals surface area contributed by atoms with Gasteiger partial charge in [-0.2, -0.15) is 0 Å². The molecule has 1 saturated carbocycles. The molecule has 5 aromatic rings. The van der Waals surface area contributed by atoms with Gasteiger partial charge in [0.1, 0.15) is 96.4 Å². The zero-order valence-electron chi connectivity index (χ0n) is 80.5. The van der Waals surface area contributed by atoms with Crippen molar-refractivity contribution in [1.82, 2.24) is 84.3 Å². The Morgan fingerprint density at radius 1 is 0.471 bits per heavy atom. The molecule has 44 heteroatoms. The number of carboxylic acids is 2. The number of ether oxygens (including phenoxy) is 1. The summed E-state index contributed by atoms with van der Waals surface area (Å²) in [4.78, 5) is 277. The predicted molar refractivity (Wildman–Crippen MR) is 517 cm³/mol. The smallest absolute Gasteiger partial charge is 0.341 e. The highest BCUT2D eigenvalue weighted by Crippen LogP contribution is 2.29. The molecular weight excluding hydrogens is 1830 g/mol. The second kappa shape index (κ2) is 55.8. The minimum absolute atomic E-state index is 0.0146. The minimum Gasteiger partial charge on any atom is -0.482 e. The van der Waals surface area contributed by atoms with Crippen molar-refractivity contribution in [2.45, 2.75) is 249 Å². The second-order valence-electron chi connectivity index (χ2n) is 36.7. The number of para-hydroxylation sites is 1. The standard InChI is InChI=1S/C96H136N20O23S/c1-50(2)38-66-85(127)103-65(35-37-98)84(126)106-68(39-55-20-13-11-14-21-55)88(130)114-81(53(7)8)96(138)111-72(46-117)91(133)112-73(92(134)102-54(9)82(100)124)48-140-49-76(119)116(10)74(44-75(99)118)93(135)109-67(41-57-29-33-61(34-30-57)139-47-78(122)123)86(128)108-71(43-77(120)121)87(129)107-70(42-60-45-101-63-25-18-17-24-62(60)63)90(132)115-80(52(5)6)95(137)110-69(40-56-27-31-59(32-28-56)58-22-15-12-16-23-58)89(131)113-79(51(3)4)94(136)104-64(26-19-36-97)83(125)105-66/h12,15-18,22-25,27-34,45,50-55,64-74,79-81,101,117H,11,13-14,19-21,26,35-44,46-49,97-98H2,1-10H3,(H2,99,118)(H2,100,124)(H,102,134)(H,103,127)(H,104,136)(H,105,125)(H,106,126)(H,107,129)(H,108,128)(H,109,135)(H,110,137)(H,111,138)(H,112,133)(H,113,131)(H,114,130)(H,115,132)(H,120,121)(H,122,123)/t54-,64-,65-,66+,67-,68-,69-,70-,71-,72-,73-,74-,79-,80-,81-/m0/s1. The Balaban J connectivity index is 1.34. The van der Waals surface area contributed by atoms with E-state index in [1.165, 1.54) is 37.4 Å². The Bertz CT molecular complexity index is 5130. The number of rotatable bonds is 30. The van der Waals surface area contributed by atoms with E-state index in [2.05, 4.69) is 79.4 Å². The molecule has 1 aromatic heterocycles. The number of carbonyl (C=O) groups is 19. The van der Waals surface area contributed by atoms with Gasteiger partial charge in [0, 0.05) is 49.2 Å². The van der Waals surface area contributed by atoms with Crippen LogP contribution in [0.5, 0.6) is 5.75 Å². The summed E-state index contributed by atoms with van der Waals surface area (Å²) in [5.74, 6) is -25.0. The summed E-state index contributed by atoms with van der Waals surface area (Å²) < 4.78 is 5.29. The number of H-pyrrole nitrogens is 1. The topological polar surface area (TPSA) is 686 Å². The number of aromatic nitrogens is 1. The maximum Gasteiger partial charge on any atom is 0.341 e. The maximum atomic E-state index is 15.4. The fourth-order valence-corrected chi connectivity index (χ4v) is 17.0. The van der Waals surface area contributed by atoms with Crippen LogP contribution in [0.4, 0.5) is 0 Å². The summed E-state index contributed by atoms with van der Waals surface area (Å²) in [7, 11) is 1.06. The molecule has 1 saturated heterocycles. The normalized spacial score (nSPS) is 23.7. The Labute approximate surface area is 816 Å². The fraction of sp³-hybridized carbons (Fsp3) is 0.531. The molecule has 0 unspecified atom stereocenters. The predicted octanol–water partition coefficient (Wildman–Crippen LogP) is -1.39. The first kappa shape index (κ1) is 113. The van der Waals surface area contributed by atoms with Crippen molar-refractivity contribution in [3.63, 3.8) is 0 Å². The maximum absolute atomic E-state index is 15.4. The summed E-state index contributed by atoms with van der Waals surface area (Å²) in [6, 6.07) is 3.70. The third-order valence-corrected chi connectivity index (χ3v) is 25.0. The molecule has 2 aliphatic rings. The number of fused-ring (bicyclic) bond motifs is 1. The number of nitrogens with two attached hydrogens (primary N) is 4. The van der Waals surface area contributed by atoms with Gasteiger partial charge in [0.15, 0.2) is 6.61 Å². The summed E-state index contributed by atoms with van der Waals surface area (Å²) in [5.41, 5.74) is 26.7. The number of aliphatic hydroxyl groups is 1. The highest BCUT2D eigenvalue weighted by Gasteiger charge is 2.42. The van der Waals surface area contributed by atoms with Gasteiger partial charge < -0.3 is 127 Å². The Morgan fingerprint density at radius 2 is 0.921 bits per heavy atom. The van der Waals surface area contributed by atoms with Crippen LogP contribution in [0, 0.1) is 29.6 Å². The van der Waals surface area contributed by atoms with Gasteiger partial charge in [0.25, 0.3) is 0 Å². The first-order chi connectivity index (χ1) is 66.4. The van der Waals surface area contributed by atoms with Crippen LogP contribution in [-0.2, 0) is 110 Å². The van der Waals surface area contributed by atoms with Gasteiger partial charge in [-0.1, -0.05) is 172 Å². The number of thioether (sulfide) groups is 1. The molecule has 764 valence electrons. The van der Waals surface area contributed by atoms with Crippen LogP contribution in [0.3, 0.4) is 0 Å². The molecule has 15 atom stereocenters. The quantitative estimate of drug-likeness (QED) is 0.0252. The van der Waals surface area contributed by atoms with Crippen LogP contribution in [-0.4, -0.2) is 273 Å². The lowest BCUT2D eigenvalue weighted by Crippen LogP contribution is -2.62. The fourth-order valence-electron chi connectivity index (χ4n) is 16.0. The zero-order valence-corrected chi connectivity index (χ0v) is 81.3. The zero-order chi connectivity index (χ0) is 103. The number of carboxylic acid groups (broad SMARTS) is 2. The number of aromatic amines is 1. The molecular formula is C96H136N20O23S. The van der Waals surface area contributed by atoms with Gasteiger partial charge in [-0.3, -0.25) is 86.3 Å². The van der Waals surface area contributed by atoms with Crippen molar-refractivity contribution in [2.75, 3.05) is 44.9 Å². The number of nitrogens with one attached hydrogen (secondary N) is 15. The monoisotopic (exact) mass is 1970 g/mol. The van der Waals surface area contributed by atoms with E-state index in [-0.39, 0.29) is 74.8 Å². The van der Waals surface area contributed by atoms with Gasteiger partial charge in [0.05, 0.1) is 25.2 Å². The van der Waals surface area contributed by atoms with Crippen LogP contribution in [0.1, 0.15) is 156 Å². The van der Waals surface area contributed by atoms with Crippen molar-refractivity contribution in [3.8, 4) is 16.9 Å². The molecule has 0 spiro atoms. The minimum atomic E-state index is -2.16. The number of aliphatic carboxylic acids is 2. The molecule has 0 bridgehead atoms. The molecule has 4 aromatic carbocycles. The molecule has 0 radical (unpaired) electrons. The molecule has 1 aliphatic heterocycles. The summed E-state index contributed by atoms with van der Waals surface area (Å²) in [6.45, 7) is 12.0. The average Bonchev–Trinajstić information content (AvgIpc) is 1.62. The molecule has 2 fully saturated rings. The number of hydrogen-bond acceptors (Lipinski definition) is 24. The molecule has 1 aliphatic carbocycles. The van der Waals surface area contributed by atoms with Crippen LogP contribution in [0.15, 0.2) is 109 Å². The number of hydrogen-bond donors (Lipinski definition) is 22. The molecule has 140 heavy (non-hydrogen) atoms. The SMILES string of the molecule is CC(C)C[C@H]1NC(=O)[C@H](CCCN)NC(=O)[C@H](C(C)C)NC(=O)[C@H](Cc2ccc(-c3ccccc3)cc2)NC(=O)[C@H](C(C)C)NC(=O)[C@H](Cc2c[nH]c3ccccc23)NC(=O)[C@H](CC(=O)O)NC(=O)[C@H](Cc2ccc(OCC(=O)O)cc2)NC(=O)[C@H](CC(N)=O)N(C)C(=O)CSC[C@@H](C(=O)N[C@@H](C)C(N)=O)NC(=O)[C@H](CO)NC(=O)[C@H](C(C)C)NC(=O)[C@H](CC2CCCCC2)NC(=O)[C@H](CCN)NC1=O. The lowest BCUT2D eigenvalue weighted by molar-refractivity contribution is -0.142. The van der Waals surface area contributed by atoms with E-state index in [1.807, 2.05) is 30.3 Å². The van der Waals surface area contributed by atoms with Crippen LogP contribution in [0.25, 0.3) is 22.0 Å². The number of benzene rings is 4. The Kier molecular flexibility index (Phi) is 45.2. The van der Waals surface area contributed by atoms with Crippen molar-refractivity contribution >= 4 is 135 Å². The number of primary amides is 2. The third kappa shape index (κ3) is 35.7. The van der Waals surface area contributed by atoms with E-state index in [0.29, 0.717) is 46.6 Å². The van der Waals surface area contributed by atoms with Gasteiger partial charge in [-0.05, 0) is 128 Å². The van der Waals surface area contributed by atoms with E-state index in [0.717, 1.165) is 42.3 Å². The van der Waals surface area contributed by atoms with Gasteiger partial charge >= 0.3 is 11.9 Å². The molecule has 7 rings (SSSR count). The summed E-state index contributed by atoms with van der Waals surface area (Å²) in [6.07, 6.45) is 1.69. The lowest BCUT2D eigenvalue weighted by atomic mass is 9.84. The number of nitrogens with zero attached hydrogens (tertiary/aromatic N) is 1. The molecule has 2 heterocycles. The number of carbonyl (C=O) groups excluding carboxylic acids is 17. The molecule has 26 N–H and O–H groups in total. The first-order valence-electron chi connectivity index (χ1n) is 46.9. The van der Waals surface area contributed by atoms with E-state index >= 15 is 28.8 Å². The first-order valence-corrected chi connectivity index (χ1v) is 48.1. The van der Waals surface area contributed by atoms with Crippen molar-refractivity contribution in [3.05, 3.63) is 126 Å². The number of likely N-dealkylation sites (N-methyl/N-ethyl adjacent to an activating group) is 1. The van der Waals surface area contributed by atoms with Gasteiger partial charge in [-0.15, -0.1) is 11.8 Å². The lowest BCUT2D eigenvalue weighted by Gasteiger charge is -2.31. The number of amides is 17. The Hall–Kier alpha value is -13.6. The summed E-state index contributed by atoms with van der Waals surface area (Å²) in [5, 5.41) is 67.7. The highest BCUT2D eigenvalue weighted by molar-refractivity contribution is 8.00. The third-order valence-electron chi connectivity index (χ3n) is 24.0. The molecule has 17 amide bonds. The van der Waals surface area contributed by atoms with Crippen molar-refractivity contribution < 1.29 is 111 Å². The van der Waals surface area contributed by atoms with Crippen molar-refractivity contribution in [1.29, 1.82) is 0 Å². The van der Waals surface area contributed by atoms with E-state index in [1.54, 1.807) is 104 Å². The summed E-state index contributed by atoms with van der Waals surface area (Å²) >= 11 is 0.629. The van der Waals surface area contributed by atoms with Gasteiger partial charge in [-0.25, -0.2) is 4.79 Å². The van der Waals surface area contributed by atoms with Crippen molar-refractivity contribution in [2.24, 2.45) is 52.5 Å². The molecule has 43 nitrogen and oxygen atoms in total. The van der Waals surface area contributed by atoms with Gasteiger partial charge in [0.2, 0.25) is 100 Å². The number of aliphatic hydroxyl groups excluding tert-OH is 1. The van der Waals surface area contributed by atoms with Crippen LogP contribution >= 0.6 is 11.8 Å². The second-order valence-corrected chi connectivity index (χ2v) is 37.7. The van der Waals surface area contributed by atoms with E-state index < -0.39 is 271 Å². The van der Waals surface area contributed by atoms with E-state index in [4.69, 9.17) is 27.7 Å². The Morgan fingerprint density at radius 3 is 1.45 bits per heavy atom.